The van der Waals surface area contributed by atoms with Gasteiger partial charge in [0, 0.05) is 77.0 Å². The molecule has 0 saturated heterocycles. The third-order valence-electron chi connectivity index (χ3n) is 13.7. The maximum absolute atomic E-state index is 12.7. The van der Waals surface area contributed by atoms with E-state index in [4.69, 9.17) is 24.1 Å². The van der Waals surface area contributed by atoms with E-state index in [2.05, 4.69) is 16.0 Å². The Hall–Kier alpha value is -5.19. The van der Waals surface area contributed by atoms with Gasteiger partial charge in [-0.25, -0.2) is 4.79 Å². The first-order valence-electron chi connectivity index (χ1n) is 29.4. The molecule has 22 heteroatoms. The van der Waals surface area contributed by atoms with Crippen LogP contribution in [0.25, 0.3) is 0 Å². The minimum Gasteiger partial charge on any atom is -0.481 e. The molecule has 3 unspecified atom stereocenters. The van der Waals surface area contributed by atoms with Crippen molar-refractivity contribution >= 4 is 64.7 Å². The van der Waals surface area contributed by atoms with E-state index in [1.807, 2.05) is 6.92 Å². The van der Waals surface area contributed by atoms with Gasteiger partial charge in [0.1, 0.15) is 36.6 Å². The fourth-order valence-corrected chi connectivity index (χ4v) is 8.54. The number of carboxylic acid groups (broad SMARTS) is 4. The zero-order chi connectivity index (χ0) is 59.6. The summed E-state index contributed by atoms with van der Waals surface area (Å²) in [5.41, 5.74) is 0. The van der Waals surface area contributed by atoms with Crippen molar-refractivity contribution in [2.45, 2.75) is 219 Å². The number of aliphatic carboxylic acids is 4. The fourth-order valence-electron chi connectivity index (χ4n) is 8.54. The summed E-state index contributed by atoms with van der Waals surface area (Å²) in [7, 11) is 0. The molecule has 0 fully saturated rings. The van der Waals surface area contributed by atoms with E-state index >= 15 is 0 Å². The van der Waals surface area contributed by atoms with E-state index in [9.17, 15) is 68.1 Å². The smallest absolute Gasteiger partial charge is 0.326 e. The molecule has 4 atom stereocenters. The number of Topliss-reactive ketones (excluding diaryl/α,β-unsaturated/α-hetero) is 4. The predicted octanol–water partition coefficient (Wildman–Crippen LogP) is 7.37. The SMILES string of the molecule is CC(=O)[C@@H](C)CCCCNC(=O)COCCOCCCC(=O)COCCOCCNC(=O)CCC(CC(=O)CCC(NC(=O)CCC(CC(=O)CCCCCCCCCCCCCCCCCCC(=O)O)C(=O)O)C(=O)O)C(=O)O. The molecule has 0 spiro atoms. The molecule has 0 saturated carbocycles. The average molecular weight is 1140 g/mol. The first-order chi connectivity index (χ1) is 38.3. The van der Waals surface area contributed by atoms with Gasteiger partial charge in [0.25, 0.3) is 0 Å². The summed E-state index contributed by atoms with van der Waals surface area (Å²) in [6.07, 6.45) is 18.5. The van der Waals surface area contributed by atoms with Crippen LogP contribution in [-0.4, -0.2) is 157 Å². The van der Waals surface area contributed by atoms with Crippen molar-refractivity contribution in [3.8, 4) is 0 Å². The summed E-state index contributed by atoms with van der Waals surface area (Å²) >= 11 is 0. The highest BCUT2D eigenvalue weighted by Crippen LogP contribution is 2.19. The Labute approximate surface area is 474 Å². The van der Waals surface area contributed by atoms with E-state index in [1.165, 1.54) is 51.4 Å². The molecule has 80 heavy (non-hydrogen) atoms. The van der Waals surface area contributed by atoms with Crippen LogP contribution in [0.5, 0.6) is 0 Å². The van der Waals surface area contributed by atoms with Gasteiger partial charge in [-0.1, -0.05) is 103 Å². The number of carbonyl (C=O) groups is 11. The third-order valence-corrected chi connectivity index (χ3v) is 13.7. The first kappa shape index (κ1) is 74.8. The number of ketones is 4. The van der Waals surface area contributed by atoms with Crippen molar-refractivity contribution in [2.75, 3.05) is 65.9 Å². The third kappa shape index (κ3) is 47.6. The van der Waals surface area contributed by atoms with Crippen molar-refractivity contribution in [3.05, 3.63) is 0 Å². The van der Waals surface area contributed by atoms with Crippen LogP contribution >= 0.6 is 0 Å². The number of ether oxygens (including phenoxy) is 4. The maximum Gasteiger partial charge on any atom is 0.326 e. The molecule has 0 aromatic carbocycles. The summed E-state index contributed by atoms with van der Waals surface area (Å²) in [5.74, 6) is -9.23. The first-order valence-corrected chi connectivity index (χ1v) is 29.4. The zero-order valence-corrected chi connectivity index (χ0v) is 48.2. The van der Waals surface area contributed by atoms with Crippen LogP contribution in [0.1, 0.15) is 213 Å². The van der Waals surface area contributed by atoms with E-state index in [0.717, 1.165) is 64.2 Å². The van der Waals surface area contributed by atoms with Crippen molar-refractivity contribution in [1.29, 1.82) is 0 Å². The Balaban J connectivity index is 4.13. The highest BCUT2D eigenvalue weighted by molar-refractivity contribution is 5.87. The lowest BCUT2D eigenvalue weighted by atomic mass is 9.94. The Kier molecular flexibility index (Phi) is 47.5. The number of nitrogens with one attached hydrogen (secondary N) is 3. The number of rotatable bonds is 59. The number of carbonyl (C=O) groups excluding carboxylic acids is 7. The van der Waals surface area contributed by atoms with Gasteiger partial charge in [0.15, 0.2) is 5.78 Å². The molecular weight excluding hydrogens is 1040 g/mol. The van der Waals surface area contributed by atoms with Crippen molar-refractivity contribution in [2.24, 2.45) is 17.8 Å². The summed E-state index contributed by atoms with van der Waals surface area (Å²) < 4.78 is 21.5. The van der Waals surface area contributed by atoms with Gasteiger partial charge >= 0.3 is 23.9 Å². The van der Waals surface area contributed by atoms with E-state index in [-0.39, 0.29) is 146 Å². The maximum atomic E-state index is 12.7. The molecule has 0 aromatic rings. The molecule has 0 aromatic heterocycles. The zero-order valence-electron chi connectivity index (χ0n) is 48.2. The van der Waals surface area contributed by atoms with Crippen molar-refractivity contribution in [1.82, 2.24) is 16.0 Å². The Morgan fingerprint density at radius 2 is 0.825 bits per heavy atom. The highest BCUT2D eigenvalue weighted by Gasteiger charge is 2.27. The van der Waals surface area contributed by atoms with E-state index in [1.54, 1.807) is 6.92 Å². The van der Waals surface area contributed by atoms with Crippen LogP contribution in [0.3, 0.4) is 0 Å². The lowest BCUT2D eigenvalue weighted by Gasteiger charge is -2.16. The molecule has 0 radical (unpaired) electrons. The van der Waals surface area contributed by atoms with Gasteiger partial charge in [0.05, 0.1) is 44.9 Å². The standard InChI is InChI=1S/C58H99N3O19/c1-44(45(2)62)22-19-20-32-59-54(68)43-80-39-36-77-34-21-24-50(65)42-79-38-37-78-35-33-60-52(66)30-26-46(56(71)72)41-49(64)28-29-51(58(75)76)61-53(67)31-27-47(57(73)74)40-48(63)23-17-15-13-11-9-7-5-3-4-6-8-10-12-14-16-18-25-55(69)70/h44,46-47,51H,3-43H2,1-2H3,(H,59,68)(H,60,66)(H,61,67)(H,69,70)(H,71,72)(H,73,74)(H,75,76)/t44-,46?,47?,51?/m0/s1. The minimum absolute atomic E-state index is 0.0306. The van der Waals surface area contributed by atoms with Gasteiger partial charge in [-0.3, -0.25) is 47.9 Å². The normalized spacial score (nSPS) is 12.7. The Bertz CT molecular complexity index is 1790. The van der Waals surface area contributed by atoms with Crippen LogP contribution in [0.15, 0.2) is 0 Å². The van der Waals surface area contributed by atoms with Gasteiger partial charge in [0.2, 0.25) is 17.7 Å². The van der Waals surface area contributed by atoms with Crippen LogP contribution in [0.2, 0.25) is 0 Å². The Morgan fingerprint density at radius 1 is 0.375 bits per heavy atom. The van der Waals surface area contributed by atoms with Crippen LogP contribution in [0, 0.1) is 17.8 Å². The molecule has 0 aliphatic carbocycles. The molecule has 22 nitrogen and oxygen atoms in total. The average Bonchev–Trinajstić information content (AvgIpc) is 3.40. The second-order valence-electron chi connectivity index (χ2n) is 20.9. The predicted molar refractivity (Wildman–Crippen MR) is 297 cm³/mol. The van der Waals surface area contributed by atoms with E-state index < -0.39 is 65.8 Å². The van der Waals surface area contributed by atoms with Crippen molar-refractivity contribution in [3.63, 3.8) is 0 Å². The summed E-state index contributed by atoms with van der Waals surface area (Å²) in [6.45, 7) is 5.18. The van der Waals surface area contributed by atoms with E-state index in [0.29, 0.717) is 26.0 Å². The number of hydrogen-bond acceptors (Lipinski definition) is 15. The molecule has 7 N–H and O–H groups in total. The number of carboxylic acids is 4. The highest BCUT2D eigenvalue weighted by atomic mass is 16.5. The molecule has 460 valence electrons. The quantitative estimate of drug-likeness (QED) is 0.0292. The fraction of sp³-hybridized carbons (Fsp3) is 0.810. The second-order valence-corrected chi connectivity index (χ2v) is 20.9. The molecule has 0 rings (SSSR count). The Morgan fingerprint density at radius 3 is 1.34 bits per heavy atom. The molecule has 0 heterocycles. The molecule has 0 aliphatic heterocycles. The van der Waals surface area contributed by atoms with Gasteiger partial charge in [-0.15, -0.1) is 0 Å². The number of unbranched alkanes of at least 4 members (excludes halogenated alkanes) is 16. The summed E-state index contributed by atoms with van der Waals surface area (Å²) in [4.78, 5) is 132. The van der Waals surface area contributed by atoms with Gasteiger partial charge < -0.3 is 55.3 Å². The van der Waals surface area contributed by atoms with Crippen molar-refractivity contribution < 1.29 is 92.1 Å². The van der Waals surface area contributed by atoms with Crippen LogP contribution < -0.4 is 16.0 Å². The topological polar surface area (TPSA) is 342 Å². The van der Waals surface area contributed by atoms with Gasteiger partial charge in [-0.05, 0) is 58.3 Å². The summed E-state index contributed by atoms with van der Waals surface area (Å²) in [6, 6.07) is -1.50. The van der Waals surface area contributed by atoms with Crippen LogP contribution in [0.4, 0.5) is 0 Å². The molecule has 3 amide bonds. The number of hydrogen-bond donors (Lipinski definition) is 7. The largest absolute Gasteiger partial charge is 0.481 e. The lowest BCUT2D eigenvalue weighted by molar-refractivity contribution is -0.145. The molecular formula is C58H99N3O19. The minimum atomic E-state index is -1.50. The van der Waals surface area contributed by atoms with Crippen LogP contribution in [-0.2, 0) is 71.7 Å². The second kappa shape index (κ2) is 50.7. The molecule has 0 bridgehead atoms. The number of amides is 3. The monoisotopic (exact) mass is 1140 g/mol. The summed E-state index contributed by atoms with van der Waals surface area (Å²) in [5, 5.41) is 45.4. The molecule has 0 aliphatic rings. The lowest BCUT2D eigenvalue weighted by Crippen LogP contribution is -2.41. The van der Waals surface area contributed by atoms with Gasteiger partial charge in [-0.2, -0.15) is 0 Å².